The molecule has 6 nitrogen and oxygen atoms in total. The molecule has 0 N–H and O–H groups in total. The molecule has 1 aromatic carbocycles. The number of hydrogen-bond donors (Lipinski definition) is 0. The maximum Gasteiger partial charge on any atom is 0.255 e. The number of thioether (sulfide) groups is 1. The maximum atomic E-state index is 5.68. The van der Waals surface area contributed by atoms with E-state index in [0.29, 0.717) is 24.9 Å². The lowest BCUT2D eigenvalue weighted by Crippen LogP contribution is -2.07. The Kier molecular flexibility index (Phi) is 5.77. The van der Waals surface area contributed by atoms with Gasteiger partial charge in [-0.15, -0.1) is 11.8 Å². The van der Waals surface area contributed by atoms with Crippen LogP contribution < -0.4 is 9.47 Å². The van der Waals surface area contributed by atoms with Crippen LogP contribution in [0.4, 0.5) is 0 Å². The molecular weight excluding hydrogens is 328 g/mol. The van der Waals surface area contributed by atoms with Crippen molar-refractivity contribution in [1.82, 2.24) is 5.16 Å². The molecule has 128 valence electrons. The van der Waals surface area contributed by atoms with Gasteiger partial charge in [-0.1, -0.05) is 12.1 Å². The monoisotopic (exact) mass is 348 g/mol. The van der Waals surface area contributed by atoms with Crippen LogP contribution in [0.15, 0.2) is 39.8 Å². The highest BCUT2D eigenvalue weighted by atomic mass is 32.2. The fourth-order valence-electron chi connectivity index (χ4n) is 2.31. The van der Waals surface area contributed by atoms with Gasteiger partial charge in [-0.2, -0.15) is 0 Å². The number of methoxy groups -OCH3 is 1. The van der Waals surface area contributed by atoms with Crippen molar-refractivity contribution in [2.24, 2.45) is 4.99 Å². The first-order chi connectivity index (χ1) is 11.8. The Morgan fingerprint density at radius 2 is 2.21 bits per heavy atom. The van der Waals surface area contributed by atoms with E-state index in [-0.39, 0.29) is 6.04 Å². The first-order valence-corrected chi connectivity index (χ1v) is 8.93. The van der Waals surface area contributed by atoms with Gasteiger partial charge < -0.3 is 18.7 Å². The van der Waals surface area contributed by atoms with E-state index in [2.05, 4.69) is 10.1 Å². The van der Waals surface area contributed by atoms with E-state index in [0.717, 1.165) is 29.4 Å². The molecule has 0 amide bonds. The summed E-state index contributed by atoms with van der Waals surface area (Å²) in [6, 6.07) is 9.67. The van der Waals surface area contributed by atoms with E-state index in [4.69, 9.17) is 18.7 Å². The van der Waals surface area contributed by atoms with Gasteiger partial charge >= 0.3 is 0 Å². The summed E-state index contributed by atoms with van der Waals surface area (Å²) < 4.78 is 21.5. The van der Waals surface area contributed by atoms with Crippen LogP contribution in [-0.2, 0) is 11.3 Å². The first-order valence-electron chi connectivity index (χ1n) is 7.71. The SMILES string of the molecule is COc1ccc(COc2cc(C(=NC3CCOC3)SC)on2)cc1. The van der Waals surface area contributed by atoms with Crippen molar-refractivity contribution in [2.75, 3.05) is 26.6 Å². The molecule has 0 spiro atoms. The van der Waals surface area contributed by atoms with Crippen LogP contribution in [0.2, 0.25) is 0 Å². The summed E-state index contributed by atoms with van der Waals surface area (Å²) in [7, 11) is 1.64. The van der Waals surface area contributed by atoms with E-state index < -0.39 is 0 Å². The van der Waals surface area contributed by atoms with E-state index in [1.54, 1.807) is 13.2 Å². The van der Waals surface area contributed by atoms with Gasteiger partial charge in [-0.3, -0.25) is 4.99 Å². The van der Waals surface area contributed by atoms with Crippen molar-refractivity contribution in [3.05, 3.63) is 41.7 Å². The molecule has 3 rings (SSSR count). The second-order valence-electron chi connectivity index (χ2n) is 5.32. The second-order valence-corrected chi connectivity index (χ2v) is 6.12. The number of nitrogens with zero attached hydrogens (tertiary/aromatic N) is 2. The van der Waals surface area contributed by atoms with Crippen LogP contribution >= 0.6 is 11.8 Å². The Bertz CT molecular complexity index is 678. The highest BCUT2D eigenvalue weighted by Gasteiger charge is 2.18. The molecule has 1 aliphatic heterocycles. The summed E-state index contributed by atoms with van der Waals surface area (Å²) in [6.45, 7) is 1.85. The van der Waals surface area contributed by atoms with Crippen molar-refractivity contribution in [3.8, 4) is 11.6 Å². The third-order valence-electron chi connectivity index (χ3n) is 3.64. The minimum absolute atomic E-state index is 0.196. The summed E-state index contributed by atoms with van der Waals surface area (Å²) >= 11 is 1.53. The standard InChI is InChI=1S/C17H20N2O4S/c1-20-14-5-3-12(4-6-14)10-22-16-9-15(23-19-16)17(24-2)18-13-7-8-21-11-13/h3-6,9,13H,7-8,10-11H2,1-2H3. The molecule has 1 atom stereocenters. The van der Waals surface area contributed by atoms with Crippen LogP contribution in [0.3, 0.4) is 0 Å². The number of hydrogen-bond acceptors (Lipinski definition) is 7. The van der Waals surface area contributed by atoms with Gasteiger partial charge in [0.05, 0.1) is 25.8 Å². The van der Waals surface area contributed by atoms with Gasteiger partial charge in [0.15, 0.2) is 5.76 Å². The predicted octanol–water partition coefficient (Wildman–Crippen LogP) is 3.16. The molecule has 1 fully saturated rings. The van der Waals surface area contributed by atoms with Crippen molar-refractivity contribution < 1.29 is 18.7 Å². The fraction of sp³-hybridized carbons (Fsp3) is 0.412. The van der Waals surface area contributed by atoms with Gasteiger partial charge in [0, 0.05) is 6.61 Å². The molecule has 1 aliphatic rings. The highest BCUT2D eigenvalue weighted by molar-refractivity contribution is 8.13. The molecule has 1 unspecified atom stereocenters. The average molecular weight is 348 g/mol. The Morgan fingerprint density at radius 3 is 2.88 bits per heavy atom. The lowest BCUT2D eigenvalue weighted by atomic mass is 10.2. The Hall–Kier alpha value is -1.99. The molecule has 0 saturated carbocycles. The Labute approximate surface area is 145 Å². The predicted molar refractivity (Wildman–Crippen MR) is 93.1 cm³/mol. The van der Waals surface area contributed by atoms with Crippen LogP contribution in [-0.4, -0.2) is 42.8 Å². The summed E-state index contributed by atoms with van der Waals surface area (Å²) in [5.74, 6) is 1.89. The normalized spacial score (nSPS) is 17.9. The van der Waals surface area contributed by atoms with Crippen molar-refractivity contribution in [1.29, 1.82) is 0 Å². The molecular formula is C17H20N2O4S. The van der Waals surface area contributed by atoms with Gasteiger partial charge in [0.1, 0.15) is 17.4 Å². The molecule has 0 aliphatic carbocycles. The number of aliphatic imine (C=N–C) groups is 1. The third-order valence-corrected chi connectivity index (χ3v) is 4.34. The maximum absolute atomic E-state index is 5.68. The molecule has 1 aromatic heterocycles. The Balaban J connectivity index is 1.61. The zero-order valence-corrected chi connectivity index (χ0v) is 14.5. The number of benzene rings is 1. The third kappa shape index (κ3) is 4.30. The van der Waals surface area contributed by atoms with Gasteiger partial charge in [0.2, 0.25) is 0 Å². The van der Waals surface area contributed by atoms with Crippen LogP contribution in [0.1, 0.15) is 17.7 Å². The van der Waals surface area contributed by atoms with Crippen LogP contribution in [0.5, 0.6) is 11.6 Å². The van der Waals surface area contributed by atoms with E-state index in [9.17, 15) is 0 Å². The smallest absolute Gasteiger partial charge is 0.255 e. The second kappa shape index (κ2) is 8.21. The number of rotatable bonds is 6. The molecule has 1 saturated heterocycles. The van der Waals surface area contributed by atoms with Crippen molar-refractivity contribution in [3.63, 3.8) is 0 Å². The minimum Gasteiger partial charge on any atom is -0.497 e. The number of aromatic nitrogens is 1. The summed E-state index contributed by atoms with van der Waals surface area (Å²) in [5.41, 5.74) is 1.03. The first kappa shape index (κ1) is 16.9. The van der Waals surface area contributed by atoms with Crippen LogP contribution in [0.25, 0.3) is 0 Å². The highest BCUT2D eigenvalue weighted by Crippen LogP contribution is 2.21. The summed E-state index contributed by atoms with van der Waals surface area (Å²) in [6.07, 6.45) is 2.91. The van der Waals surface area contributed by atoms with Crippen molar-refractivity contribution >= 4 is 16.8 Å². The molecule has 0 radical (unpaired) electrons. The zero-order valence-electron chi connectivity index (χ0n) is 13.7. The summed E-state index contributed by atoms with van der Waals surface area (Å²) in [4.78, 5) is 4.67. The van der Waals surface area contributed by atoms with E-state index in [1.165, 1.54) is 11.8 Å². The van der Waals surface area contributed by atoms with E-state index >= 15 is 0 Å². The van der Waals surface area contributed by atoms with Gasteiger partial charge in [0.25, 0.3) is 5.88 Å². The summed E-state index contributed by atoms with van der Waals surface area (Å²) in [5, 5.41) is 4.78. The van der Waals surface area contributed by atoms with Gasteiger partial charge in [-0.25, -0.2) is 0 Å². The molecule has 7 heteroatoms. The number of ether oxygens (including phenoxy) is 3. The van der Waals surface area contributed by atoms with Gasteiger partial charge in [-0.05, 0) is 35.5 Å². The van der Waals surface area contributed by atoms with E-state index in [1.807, 2.05) is 30.5 Å². The van der Waals surface area contributed by atoms with Crippen molar-refractivity contribution in [2.45, 2.75) is 19.1 Å². The topological polar surface area (TPSA) is 66.1 Å². The van der Waals surface area contributed by atoms with Crippen LogP contribution in [0, 0.1) is 0 Å². The molecule has 24 heavy (non-hydrogen) atoms. The zero-order chi connectivity index (χ0) is 16.8. The lowest BCUT2D eigenvalue weighted by molar-refractivity contribution is 0.194. The largest absolute Gasteiger partial charge is 0.497 e. The lowest BCUT2D eigenvalue weighted by Gasteiger charge is -2.04. The molecule has 2 heterocycles. The minimum atomic E-state index is 0.196. The average Bonchev–Trinajstić information content (AvgIpc) is 3.30. The Morgan fingerprint density at radius 1 is 1.38 bits per heavy atom. The molecule has 0 bridgehead atoms. The quantitative estimate of drug-likeness (QED) is 0.590. The molecule has 2 aromatic rings. The fourth-order valence-corrected chi connectivity index (χ4v) is 2.87.